The lowest BCUT2D eigenvalue weighted by atomic mass is 9.94. The molecule has 0 aliphatic heterocycles. The summed E-state index contributed by atoms with van der Waals surface area (Å²) in [6.07, 6.45) is 7.45. The summed E-state index contributed by atoms with van der Waals surface area (Å²) in [7, 11) is 0. The summed E-state index contributed by atoms with van der Waals surface area (Å²) in [5, 5.41) is 1.35. The van der Waals surface area contributed by atoms with Crippen molar-refractivity contribution in [2.75, 3.05) is 11.9 Å². The lowest BCUT2D eigenvalue weighted by Gasteiger charge is -2.33. The van der Waals surface area contributed by atoms with Crippen molar-refractivity contribution >= 4 is 33.4 Å². The minimum absolute atomic E-state index is 0.0167. The summed E-state index contributed by atoms with van der Waals surface area (Å²) in [6.45, 7) is 0.730. The van der Waals surface area contributed by atoms with E-state index >= 15 is 0 Å². The lowest BCUT2D eigenvalue weighted by Crippen LogP contribution is -2.42. The molecule has 3 nitrogen and oxygen atoms in total. The van der Waals surface area contributed by atoms with E-state index in [4.69, 9.17) is 11.6 Å². The Hall–Kier alpha value is -0.610. The Morgan fingerprint density at radius 2 is 2.11 bits per heavy atom. The maximum Gasteiger partial charge on any atom is 0.272 e. The summed E-state index contributed by atoms with van der Waals surface area (Å²) in [4.78, 5) is 18.6. The van der Waals surface area contributed by atoms with Crippen LogP contribution in [-0.4, -0.2) is 33.7 Å². The number of pyridine rings is 1. The number of hydrogen-bond acceptors (Lipinski definition) is 2. The number of alkyl halides is 1. The first kappa shape index (κ1) is 14.8. The molecule has 1 heterocycles. The molecule has 0 radical (unpaired) electrons. The third kappa shape index (κ3) is 3.93. The quantitative estimate of drug-likeness (QED) is 0.775. The van der Waals surface area contributed by atoms with Crippen molar-refractivity contribution in [3.8, 4) is 0 Å². The first-order valence-corrected chi connectivity index (χ1v) is 8.21. The molecular weight excluding hydrogens is 328 g/mol. The maximum atomic E-state index is 12.5. The van der Waals surface area contributed by atoms with Crippen LogP contribution in [0.15, 0.2) is 18.3 Å². The predicted octanol–water partition coefficient (Wildman–Crippen LogP) is 3.90. The van der Waals surface area contributed by atoms with Crippen molar-refractivity contribution in [3.05, 3.63) is 29.0 Å². The molecule has 1 saturated carbocycles. The van der Waals surface area contributed by atoms with Crippen LogP contribution in [0.25, 0.3) is 0 Å². The summed E-state index contributed by atoms with van der Waals surface area (Å²) in [5.41, 5.74) is 0.482. The van der Waals surface area contributed by atoms with Gasteiger partial charge in [-0.25, -0.2) is 4.98 Å². The van der Waals surface area contributed by atoms with Gasteiger partial charge in [0.25, 0.3) is 5.91 Å². The minimum Gasteiger partial charge on any atom is -0.333 e. The zero-order valence-electron chi connectivity index (χ0n) is 10.8. The summed E-state index contributed by atoms with van der Waals surface area (Å²) >= 11 is 9.24. The van der Waals surface area contributed by atoms with Crippen molar-refractivity contribution in [3.63, 3.8) is 0 Å². The molecule has 104 valence electrons. The molecule has 1 amide bonds. The number of hydrogen-bond donors (Lipinski definition) is 0. The zero-order valence-corrected chi connectivity index (χ0v) is 13.2. The van der Waals surface area contributed by atoms with Crippen molar-refractivity contribution < 1.29 is 4.79 Å². The Kier molecular flexibility index (Phi) is 5.64. The van der Waals surface area contributed by atoms with Gasteiger partial charge < -0.3 is 4.90 Å². The van der Waals surface area contributed by atoms with E-state index in [1.807, 2.05) is 4.90 Å². The number of carbonyl (C=O) groups excluding carboxylic acids is 1. The van der Waals surface area contributed by atoms with Crippen LogP contribution >= 0.6 is 27.5 Å². The van der Waals surface area contributed by atoms with E-state index in [0.717, 1.165) is 24.7 Å². The summed E-state index contributed by atoms with van der Waals surface area (Å²) in [6, 6.07) is 3.78. The average Bonchev–Trinajstić information content (AvgIpc) is 2.46. The van der Waals surface area contributed by atoms with E-state index in [2.05, 4.69) is 20.9 Å². The molecule has 2 rings (SSSR count). The smallest absolute Gasteiger partial charge is 0.272 e. The fraction of sp³-hybridized carbons (Fsp3) is 0.571. The molecule has 19 heavy (non-hydrogen) atoms. The van der Waals surface area contributed by atoms with Crippen LogP contribution in [0, 0.1) is 0 Å². The molecule has 0 unspecified atom stereocenters. The largest absolute Gasteiger partial charge is 0.333 e. The number of aromatic nitrogens is 1. The second-order valence-corrected chi connectivity index (χ2v) is 6.07. The predicted molar refractivity (Wildman–Crippen MR) is 81.0 cm³/mol. The van der Waals surface area contributed by atoms with Gasteiger partial charge in [-0.05, 0) is 25.0 Å². The van der Waals surface area contributed by atoms with E-state index in [1.54, 1.807) is 12.1 Å². The van der Waals surface area contributed by atoms with Crippen molar-refractivity contribution in [1.82, 2.24) is 9.88 Å². The number of halogens is 2. The van der Waals surface area contributed by atoms with Crippen molar-refractivity contribution in [1.29, 1.82) is 0 Å². The maximum absolute atomic E-state index is 12.5. The second-order valence-electron chi connectivity index (χ2n) is 4.84. The van der Waals surface area contributed by atoms with E-state index in [-0.39, 0.29) is 5.91 Å². The van der Waals surface area contributed by atoms with Gasteiger partial charge in [0.1, 0.15) is 5.69 Å². The standard InChI is InChI=1S/C14H18BrClN2O/c15-8-9-18(12-4-2-1-3-5-12)14(19)13-7-6-11(16)10-17-13/h6-7,10,12H,1-5,8-9H2. The molecule has 1 aromatic heterocycles. The van der Waals surface area contributed by atoms with Gasteiger partial charge in [-0.2, -0.15) is 0 Å². The Labute approximate surface area is 127 Å². The fourth-order valence-electron chi connectivity index (χ4n) is 2.58. The van der Waals surface area contributed by atoms with Gasteiger partial charge in [0, 0.05) is 24.1 Å². The summed E-state index contributed by atoms with van der Waals surface area (Å²) < 4.78 is 0. The SMILES string of the molecule is O=C(c1ccc(Cl)cn1)N(CCBr)C1CCCCC1. The molecule has 0 bridgehead atoms. The van der Waals surface area contributed by atoms with E-state index in [0.29, 0.717) is 16.8 Å². The molecule has 1 fully saturated rings. The molecule has 0 atom stereocenters. The topological polar surface area (TPSA) is 33.2 Å². The molecule has 0 aromatic carbocycles. The minimum atomic E-state index is 0.0167. The molecule has 0 N–H and O–H groups in total. The number of carbonyl (C=O) groups is 1. The fourth-order valence-corrected chi connectivity index (χ4v) is 3.08. The Morgan fingerprint density at radius 1 is 1.37 bits per heavy atom. The molecule has 5 heteroatoms. The van der Waals surface area contributed by atoms with Gasteiger partial charge in [-0.1, -0.05) is 46.8 Å². The first-order chi connectivity index (χ1) is 9.22. The molecule has 1 aliphatic rings. The third-order valence-electron chi connectivity index (χ3n) is 3.55. The monoisotopic (exact) mass is 344 g/mol. The summed E-state index contributed by atoms with van der Waals surface area (Å²) in [5.74, 6) is 0.0167. The first-order valence-electron chi connectivity index (χ1n) is 6.71. The highest BCUT2D eigenvalue weighted by molar-refractivity contribution is 9.09. The highest BCUT2D eigenvalue weighted by atomic mass is 79.9. The normalized spacial score (nSPS) is 16.3. The average molecular weight is 346 g/mol. The van der Waals surface area contributed by atoms with Gasteiger partial charge in [0.15, 0.2) is 0 Å². The van der Waals surface area contributed by atoms with Gasteiger partial charge in [0.2, 0.25) is 0 Å². The molecular formula is C14H18BrClN2O. The van der Waals surface area contributed by atoms with Gasteiger partial charge >= 0.3 is 0 Å². The second kappa shape index (κ2) is 7.25. The van der Waals surface area contributed by atoms with E-state index in [9.17, 15) is 4.79 Å². The number of nitrogens with zero attached hydrogens (tertiary/aromatic N) is 2. The van der Waals surface area contributed by atoms with Gasteiger partial charge in [-0.3, -0.25) is 4.79 Å². The van der Waals surface area contributed by atoms with Crippen LogP contribution in [0.5, 0.6) is 0 Å². The van der Waals surface area contributed by atoms with Crippen molar-refractivity contribution in [2.45, 2.75) is 38.1 Å². The van der Waals surface area contributed by atoms with E-state index in [1.165, 1.54) is 25.5 Å². The van der Waals surface area contributed by atoms with Crippen LogP contribution in [0.3, 0.4) is 0 Å². The third-order valence-corrected chi connectivity index (χ3v) is 4.13. The lowest BCUT2D eigenvalue weighted by molar-refractivity contribution is 0.0645. The van der Waals surface area contributed by atoms with Crippen LogP contribution in [0.4, 0.5) is 0 Å². The van der Waals surface area contributed by atoms with Crippen LogP contribution < -0.4 is 0 Å². The van der Waals surface area contributed by atoms with Gasteiger partial charge in [0.05, 0.1) is 5.02 Å². The van der Waals surface area contributed by atoms with Crippen molar-refractivity contribution in [2.24, 2.45) is 0 Å². The molecule has 1 aliphatic carbocycles. The van der Waals surface area contributed by atoms with Crippen LogP contribution in [0.2, 0.25) is 5.02 Å². The highest BCUT2D eigenvalue weighted by Gasteiger charge is 2.26. The number of rotatable bonds is 4. The van der Waals surface area contributed by atoms with E-state index < -0.39 is 0 Å². The Balaban J connectivity index is 2.13. The molecule has 0 spiro atoms. The number of amides is 1. The van der Waals surface area contributed by atoms with Crippen LogP contribution in [0.1, 0.15) is 42.6 Å². The Morgan fingerprint density at radius 3 is 2.68 bits per heavy atom. The van der Waals surface area contributed by atoms with Gasteiger partial charge in [-0.15, -0.1) is 0 Å². The molecule has 1 aromatic rings. The highest BCUT2D eigenvalue weighted by Crippen LogP contribution is 2.24. The molecule has 0 saturated heterocycles. The van der Waals surface area contributed by atoms with Crippen LogP contribution in [-0.2, 0) is 0 Å². The Bertz CT molecular complexity index is 418. The zero-order chi connectivity index (χ0) is 13.7.